The van der Waals surface area contributed by atoms with Gasteiger partial charge in [-0.25, -0.2) is 4.79 Å². The van der Waals surface area contributed by atoms with Gasteiger partial charge in [-0.3, -0.25) is 0 Å². The van der Waals surface area contributed by atoms with Crippen molar-refractivity contribution in [1.29, 1.82) is 15.8 Å². The summed E-state index contributed by atoms with van der Waals surface area (Å²) in [6.45, 7) is 0.196. The lowest BCUT2D eigenvalue weighted by atomic mass is 10.1. The molecule has 0 aromatic heterocycles. The molecular weight excluding hydrogens is 424 g/mol. The molecule has 0 aliphatic heterocycles. The second kappa shape index (κ2) is 9.78. The van der Waals surface area contributed by atoms with E-state index in [0.717, 1.165) is 5.56 Å². The number of nitriles is 3. The molecule has 0 radical (unpaired) electrons. The first-order valence-electron chi connectivity index (χ1n) is 7.84. The number of anilines is 1. The summed E-state index contributed by atoms with van der Waals surface area (Å²) in [5.74, 6) is -0.329. The van der Waals surface area contributed by atoms with Gasteiger partial charge in [0.2, 0.25) is 0 Å². The van der Waals surface area contributed by atoms with E-state index in [9.17, 15) is 10.1 Å². The smallest absolute Gasteiger partial charge is 0.338 e. The third kappa shape index (κ3) is 4.88. The van der Waals surface area contributed by atoms with Crippen LogP contribution >= 0.6 is 15.9 Å². The topological polar surface area (TPSA) is 119 Å². The molecule has 0 bridgehead atoms. The number of benzene rings is 2. The molecule has 2 rings (SSSR count). The van der Waals surface area contributed by atoms with Gasteiger partial charge in [0.25, 0.3) is 0 Å². The van der Waals surface area contributed by atoms with Crippen LogP contribution in [-0.2, 0) is 11.3 Å². The molecule has 0 spiro atoms. The van der Waals surface area contributed by atoms with Crippen LogP contribution in [0.3, 0.4) is 0 Å². The molecule has 28 heavy (non-hydrogen) atoms. The fraction of sp³-hybridized carbons (Fsp3) is 0.100. The molecule has 0 heterocycles. The minimum Gasteiger partial charge on any atom is -0.487 e. The Hall–Kier alpha value is -3.80. The van der Waals surface area contributed by atoms with Crippen LogP contribution in [0.5, 0.6) is 5.75 Å². The summed E-state index contributed by atoms with van der Waals surface area (Å²) in [7, 11) is 1.26. The van der Waals surface area contributed by atoms with E-state index in [2.05, 4.69) is 21.2 Å². The molecule has 138 valence electrons. The lowest BCUT2D eigenvalue weighted by Crippen LogP contribution is -2.08. The second-order valence-electron chi connectivity index (χ2n) is 5.31. The van der Waals surface area contributed by atoms with Crippen LogP contribution in [-0.4, -0.2) is 13.1 Å². The van der Waals surface area contributed by atoms with Gasteiger partial charge in [-0.15, -0.1) is 0 Å². The van der Waals surface area contributed by atoms with E-state index >= 15 is 0 Å². The van der Waals surface area contributed by atoms with E-state index in [-0.39, 0.29) is 29.2 Å². The van der Waals surface area contributed by atoms with Gasteiger partial charge in [-0.2, -0.15) is 15.8 Å². The van der Waals surface area contributed by atoms with Crippen molar-refractivity contribution in [1.82, 2.24) is 0 Å². The van der Waals surface area contributed by atoms with Gasteiger partial charge in [0.1, 0.15) is 36.3 Å². The summed E-state index contributed by atoms with van der Waals surface area (Å²) in [5, 5.41) is 30.1. The standard InChI is InChI=1S/C20H13BrN4O3/c1-27-20(26)14-7-16(21)19(25-17(11-24)15(9-22)10-23)18(8-14)28-12-13-5-3-2-4-6-13/h2-8,25H,12H2,1H3. The first-order chi connectivity index (χ1) is 13.5. The molecule has 0 saturated carbocycles. The van der Waals surface area contributed by atoms with E-state index in [1.165, 1.54) is 19.2 Å². The van der Waals surface area contributed by atoms with Crippen molar-refractivity contribution in [2.75, 3.05) is 12.4 Å². The van der Waals surface area contributed by atoms with E-state index in [1.54, 1.807) is 18.2 Å². The van der Waals surface area contributed by atoms with Gasteiger partial charge in [0, 0.05) is 4.47 Å². The summed E-state index contributed by atoms with van der Waals surface area (Å²) < 4.78 is 11.0. The third-order valence-corrected chi connectivity index (χ3v) is 4.17. The molecule has 1 N–H and O–H groups in total. The van der Waals surface area contributed by atoms with Crippen molar-refractivity contribution in [3.05, 3.63) is 69.3 Å². The highest BCUT2D eigenvalue weighted by molar-refractivity contribution is 9.10. The number of rotatable bonds is 6. The average molecular weight is 437 g/mol. The van der Waals surface area contributed by atoms with Crippen LogP contribution in [0.2, 0.25) is 0 Å². The Morgan fingerprint density at radius 2 is 1.79 bits per heavy atom. The maximum Gasteiger partial charge on any atom is 0.338 e. The number of nitrogens with zero attached hydrogens (tertiary/aromatic N) is 3. The van der Waals surface area contributed by atoms with Crippen molar-refractivity contribution in [2.45, 2.75) is 6.61 Å². The maximum atomic E-state index is 11.9. The SMILES string of the molecule is COC(=O)c1cc(Br)c(NC(C#N)=C(C#N)C#N)c(OCc2ccccc2)c1. The zero-order chi connectivity index (χ0) is 20.5. The molecule has 0 amide bonds. The van der Waals surface area contributed by atoms with Crippen molar-refractivity contribution in [2.24, 2.45) is 0 Å². The summed E-state index contributed by atoms with van der Waals surface area (Å²) in [6, 6.07) is 17.4. The number of ether oxygens (including phenoxy) is 2. The van der Waals surface area contributed by atoms with Crippen LogP contribution in [0.25, 0.3) is 0 Å². The minimum absolute atomic E-state index is 0.196. The molecule has 0 aliphatic carbocycles. The lowest BCUT2D eigenvalue weighted by Gasteiger charge is -2.16. The minimum atomic E-state index is -0.567. The van der Waals surface area contributed by atoms with Crippen LogP contribution < -0.4 is 10.1 Å². The van der Waals surface area contributed by atoms with E-state index < -0.39 is 5.97 Å². The summed E-state index contributed by atoms with van der Waals surface area (Å²) in [6.07, 6.45) is 0. The van der Waals surface area contributed by atoms with E-state index in [0.29, 0.717) is 10.2 Å². The molecular formula is C20H13BrN4O3. The number of carbonyl (C=O) groups is 1. The number of hydrogen-bond donors (Lipinski definition) is 1. The number of hydrogen-bond acceptors (Lipinski definition) is 7. The van der Waals surface area contributed by atoms with Crippen molar-refractivity contribution < 1.29 is 14.3 Å². The predicted octanol–water partition coefficient (Wildman–Crippen LogP) is 4.05. The number of carbonyl (C=O) groups excluding carboxylic acids is 1. The molecule has 0 fully saturated rings. The van der Waals surface area contributed by atoms with E-state index in [1.807, 2.05) is 30.3 Å². The quantitative estimate of drug-likeness (QED) is 0.535. The number of nitrogens with one attached hydrogen (secondary N) is 1. The Labute approximate surface area is 170 Å². The third-order valence-electron chi connectivity index (χ3n) is 3.55. The van der Waals surface area contributed by atoms with E-state index in [4.69, 9.17) is 20.0 Å². The highest BCUT2D eigenvalue weighted by atomic mass is 79.9. The van der Waals surface area contributed by atoms with Gasteiger partial charge < -0.3 is 14.8 Å². The van der Waals surface area contributed by atoms with Crippen LogP contribution in [0.4, 0.5) is 5.69 Å². The monoisotopic (exact) mass is 436 g/mol. The number of halogens is 1. The van der Waals surface area contributed by atoms with Gasteiger partial charge in [0.05, 0.1) is 18.4 Å². The highest BCUT2D eigenvalue weighted by Gasteiger charge is 2.18. The van der Waals surface area contributed by atoms with Gasteiger partial charge in [0.15, 0.2) is 5.57 Å². The molecule has 0 atom stereocenters. The molecule has 7 nitrogen and oxygen atoms in total. The Kier molecular flexibility index (Phi) is 7.16. The average Bonchev–Trinajstić information content (AvgIpc) is 2.73. The maximum absolute atomic E-state index is 11.9. The van der Waals surface area contributed by atoms with Crippen molar-refractivity contribution in [3.63, 3.8) is 0 Å². The zero-order valence-electron chi connectivity index (χ0n) is 14.7. The zero-order valence-corrected chi connectivity index (χ0v) is 16.3. The number of esters is 1. The Balaban J connectivity index is 2.49. The Morgan fingerprint density at radius 1 is 1.11 bits per heavy atom. The molecule has 2 aromatic rings. The Morgan fingerprint density at radius 3 is 2.36 bits per heavy atom. The first kappa shape index (κ1) is 20.5. The first-order valence-corrected chi connectivity index (χ1v) is 8.63. The van der Waals surface area contributed by atoms with Crippen molar-refractivity contribution >= 4 is 27.6 Å². The van der Waals surface area contributed by atoms with Crippen LogP contribution in [0.15, 0.2) is 58.2 Å². The normalized spacial score (nSPS) is 9.25. The Bertz CT molecular complexity index is 1030. The summed E-state index contributed by atoms with van der Waals surface area (Å²) in [5.41, 5.74) is 0.801. The van der Waals surface area contributed by atoms with Gasteiger partial charge >= 0.3 is 5.97 Å². The molecule has 0 aliphatic rings. The molecule has 8 heteroatoms. The largest absolute Gasteiger partial charge is 0.487 e. The number of allylic oxidation sites excluding steroid dienone is 2. The molecule has 0 unspecified atom stereocenters. The number of methoxy groups -OCH3 is 1. The van der Waals surface area contributed by atoms with Crippen LogP contribution in [0.1, 0.15) is 15.9 Å². The highest BCUT2D eigenvalue weighted by Crippen LogP contribution is 2.36. The molecule has 0 saturated heterocycles. The molecule has 2 aromatic carbocycles. The lowest BCUT2D eigenvalue weighted by molar-refractivity contribution is 0.0600. The van der Waals surface area contributed by atoms with Crippen molar-refractivity contribution in [3.8, 4) is 24.0 Å². The summed E-state index contributed by atoms with van der Waals surface area (Å²) in [4.78, 5) is 11.9. The summed E-state index contributed by atoms with van der Waals surface area (Å²) >= 11 is 3.32. The van der Waals surface area contributed by atoms with Crippen LogP contribution in [0, 0.1) is 34.0 Å². The predicted molar refractivity (Wildman–Crippen MR) is 104 cm³/mol. The van der Waals surface area contributed by atoms with Gasteiger partial charge in [-0.05, 0) is 33.6 Å². The fourth-order valence-corrected chi connectivity index (χ4v) is 2.74. The fourth-order valence-electron chi connectivity index (χ4n) is 2.20. The second-order valence-corrected chi connectivity index (χ2v) is 6.16. The van der Waals surface area contributed by atoms with Gasteiger partial charge in [-0.1, -0.05) is 30.3 Å².